The lowest BCUT2D eigenvalue weighted by atomic mass is 9.91. The Labute approximate surface area is 159 Å². The first kappa shape index (κ1) is 16.9. The molecule has 0 radical (unpaired) electrons. The van der Waals surface area contributed by atoms with Gasteiger partial charge in [0.25, 0.3) is 0 Å². The van der Waals surface area contributed by atoms with E-state index in [2.05, 4.69) is 52.0 Å². The van der Waals surface area contributed by atoms with E-state index >= 15 is 0 Å². The van der Waals surface area contributed by atoms with Gasteiger partial charge in [0.1, 0.15) is 11.5 Å². The van der Waals surface area contributed by atoms with Gasteiger partial charge in [0, 0.05) is 21.9 Å². The minimum atomic E-state index is 0.701. The van der Waals surface area contributed by atoms with Gasteiger partial charge in [0.15, 0.2) is 0 Å². The van der Waals surface area contributed by atoms with E-state index in [0.29, 0.717) is 5.02 Å². The molecule has 1 aromatic heterocycles. The summed E-state index contributed by atoms with van der Waals surface area (Å²) in [5.74, 6) is 1.76. The monoisotopic (exact) mass is 360 g/mol. The maximum absolute atomic E-state index is 6.51. The van der Waals surface area contributed by atoms with Crippen LogP contribution < -0.4 is 0 Å². The zero-order valence-electron chi connectivity index (χ0n) is 15.5. The van der Waals surface area contributed by atoms with Gasteiger partial charge in [-0.1, -0.05) is 54.1 Å². The Morgan fingerprint density at radius 2 is 1.23 bits per heavy atom. The van der Waals surface area contributed by atoms with Crippen LogP contribution in [0, 0.1) is 27.7 Å². The third-order valence-corrected chi connectivity index (χ3v) is 5.66. The zero-order chi connectivity index (χ0) is 18.4. The summed E-state index contributed by atoms with van der Waals surface area (Å²) in [5.41, 5.74) is 7.20. The number of rotatable bonds is 2. The fourth-order valence-corrected chi connectivity index (χ4v) is 3.90. The summed E-state index contributed by atoms with van der Waals surface area (Å²) < 4.78 is 6.51. The third kappa shape index (κ3) is 2.55. The first-order valence-corrected chi connectivity index (χ1v) is 9.21. The van der Waals surface area contributed by atoms with Gasteiger partial charge in [-0.3, -0.25) is 0 Å². The van der Waals surface area contributed by atoms with Crippen LogP contribution in [0.3, 0.4) is 0 Å². The lowest BCUT2D eigenvalue weighted by Gasteiger charge is -2.14. The summed E-state index contributed by atoms with van der Waals surface area (Å²) in [5, 5.41) is 2.92. The second kappa shape index (κ2) is 6.34. The summed E-state index contributed by atoms with van der Waals surface area (Å²) in [7, 11) is 0. The Kier molecular flexibility index (Phi) is 4.13. The van der Waals surface area contributed by atoms with Gasteiger partial charge in [-0.2, -0.15) is 0 Å². The number of halogens is 1. The molecular weight excluding hydrogens is 340 g/mol. The van der Waals surface area contributed by atoms with Crippen LogP contribution in [0.15, 0.2) is 59.0 Å². The minimum absolute atomic E-state index is 0.701. The summed E-state index contributed by atoms with van der Waals surface area (Å²) in [6, 6.07) is 18.4. The molecule has 0 saturated heterocycles. The molecule has 4 rings (SSSR count). The van der Waals surface area contributed by atoms with Gasteiger partial charge in [0.05, 0.1) is 5.02 Å². The number of fused-ring (bicyclic) bond motifs is 1. The number of benzene rings is 3. The van der Waals surface area contributed by atoms with Gasteiger partial charge in [-0.25, -0.2) is 0 Å². The number of hydrogen-bond acceptors (Lipinski definition) is 1. The third-order valence-electron chi connectivity index (χ3n) is 5.33. The zero-order valence-corrected chi connectivity index (χ0v) is 16.2. The fraction of sp³-hybridized carbons (Fsp3) is 0.167. The number of aryl methyl sites for hydroxylation is 2. The van der Waals surface area contributed by atoms with Gasteiger partial charge in [-0.05, 0) is 62.1 Å². The lowest BCUT2D eigenvalue weighted by molar-refractivity contribution is 0.601. The molecule has 2 heteroatoms. The highest BCUT2D eigenvalue weighted by Crippen LogP contribution is 2.43. The van der Waals surface area contributed by atoms with E-state index in [1.807, 2.05) is 30.3 Å². The van der Waals surface area contributed by atoms with Crippen molar-refractivity contribution < 1.29 is 4.42 Å². The lowest BCUT2D eigenvalue weighted by Crippen LogP contribution is -1.94. The van der Waals surface area contributed by atoms with Crippen molar-refractivity contribution >= 4 is 22.4 Å². The van der Waals surface area contributed by atoms with Crippen molar-refractivity contribution in [3.8, 4) is 22.6 Å². The van der Waals surface area contributed by atoms with Crippen LogP contribution in [-0.2, 0) is 0 Å². The highest BCUT2D eigenvalue weighted by atomic mass is 35.5. The molecule has 0 saturated carbocycles. The van der Waals surface area contributed by atoms with E-state index in [-0.39, 0.29) is 0 Å². The topological polar surface area (TPSA) is 13.1 Å². The van der Waals surface area contributed by atoms with Crippen LogP contribution in [-0.4, -0.2) is 0 Å². The van der Waals surface area contributed by atoms with Crippen molar-refractivity contribution in [3.05, 3.63) is 81.9 Å². The van der Waals surface area contributed by atoms with E-state index in [1.54, 1.807) is 0 Å². The van der Waals surface area contributed by atoms with Gasteiger partial charge in [0.2, 0.25) is 0 Å². The van der Waals surface area contributed by atoms with Crippen molar-refractivity contribution in [3.63, 3.8) is 0 Å². The Balaban J connectivity index is 2.10. The van der Waals surface area contributed by atoms with E-state index < -0.39 is 0 Å². The average molecular weight is 361 g/mol. The van der Waals surface area contributed by atoms with Gasteiger partial charge < -0.3 is 4.42 Å². The Morgan fingerprint density at radius 1 is 0.692 bits per heavy atom. The van der Waals surface area contributed by atoms with Crippen LogP contribution in [0.25, 0.3) is 33.4 Å². The fourth-order valence-electron chi connectivity index (χ4n) is 3.68. The largest absolute Gasteiger partial charge is 0.455 e. The number of furan rings is 1. The molecule has 26 heavy (non-hydrogen) atoms. The molecular formula is C24H21ClO. The maximum atomic E-state index is 6.51. The van der Waals surface area contributed by atoms with Gasteiger partial charge in [-0.15, -0.1) is 0 Å². The molecule has 3 aromatic carbocycles. The molecule has 130 valence electrons. The van der Waals surface area contributed by atoms with E-state index in [1.165, 1.54) is 27.8 Å². The predicted molar refractivity (Wildman–Crippen MR) is 111 cm³/mol. The molecule has 0 amide bonds. The predicted octanol–water partition coefficient (Wildman–Crippen LogP) is 7.65. The Hall–Kier alpha value is -2.51. The second-order valence-electron chi connectivity index (χ2n) is 6.92. The quantitative estimate of drug-likeness (QED) is 0.357. The second-order valence-corrected chi connectivity index (χ2v) is 7.33. The van der Waals surface area contributed by atoms with Crippen molar-refractivity contribution in [1.29, 1.82) is 0 Å². The normalized spacial score (nSPS) is 11.3. The molecule has 1 heterocycles. The molecule has 0 N–H and O–H groups in total. The average Bonchev–Trinajstić information content (AvgIpc) is 3.00. The molecule has 0 spiro atoms. The molecule has 0 aliphatic carbocycles. The smallest absolute Gasteiger partial charge is 0.144 e. The minimum Gasteiger partial charge on any atom is -0.455 e. The summed E-state index contributed by atoms with van der Waals surface area (Å²) in [6.07, 6.45) is 0. The first-order valence-electron chi connectivity index (χ1n) is 8.83. The highest BCUT2D eigenvalue weighted by Gasteiger charge is 2.21. The standard InChI is InChI=1S/C24H21ClO/c1-14-13-15(2)17(4)22(16(14)3)24-19-10-6-5-9-18(19)23(26-24)20-11-7-8-12-21(20)25/h5-13H,1-4H3. The SMILES string of the molecule is Cc1cc(C)c(C)c(-c2oc(-c3ccccc3Cl)c3ccccc23)c1C. The van der Waals surface area contributed by atoms with Crippen LogP contribution in [0.4, 0.5) is 0 Å². The van der Waals surface area contributed by atoms with Crippen LogP contribution in [0.2, 0.25) is 5.02 Å². The van der Waals surface area contributed by atoms with Gasteiger partial charge >= 0.3 is 0 Å². The van der Waals surface area contributed by atoms with E-state index in [4.69, 9.17) is 16.0 Å². The summed E-state index contributed by atoms with van der Waals surface area (Å²) in [6.45, 7) is 8.66. The molecule has 0 aliphatic rings. The van der Waals surface area contributed by atoms with Crippen molar-refractivity contribution in [2.24, 2.45) is 0 Å². The summed E-state index contributed by atoms with van der Waals surface area (Å²) in [4.78, 5) is 0. The molecule has 0 aliphatic heterocycles. The van der Waals surface area contributed by atoms with Crippen LogP contribution in [0.1, 0.15) is 22.3 Å². The van der Waals surface area contributed by atoms with E-state index in [0.717, 1.165) is 27.9 Å². The molecule has 4 aromatic rings. The van der Waals surface area contributed by atoms with E-state index in [9.17, 15) is 0 Å². The molecule has 1 nitrogen and oxygen atoms in total. The van der Waals surface area contributed by atoms with Crippen molar-refractivity contribution in [2.45, 2.75) is 27.7 Å². The van der Waals surface area contributed by atoms with Crippen LogP contribution in [0.5, 0.6) is 0 Å². The first-order chi connectivity index (χ1) is 12.5. The van der Waals surface area contributed by atoms with Crippen molar-refractivity contribution in [2.75, 3.05) is 0 Å². The highest BCUT2D eigenvalue weighted by molar-refractivity contribution is 6.33. The molecule has 0 fully saturated rings. The Morgan fingerprint density at radius 3 is 1.85 bits per heavy atom. The number of hydrogen-bond donors (Lipinski definition) is 0. The molecule has 0 atom stereocenters. The molecule has 0 bridgehead atoms. The molecule has 0 unspecified atom stereocenters. The Bertz CT molecular complexity index is 1110. The van der Waals surface area contributed by atoms with Crippen LogP contribution >= 0.6 is 11.6 Å². The summed E-state index contributed by atoms with van der Waals surface area (Å²) >= 11 is 6.47. The maximum Gasteiger partial charge on any atom is 0.144 e. The van der Waals surface area contributed by atoms with Crippen molar-refractivity contribution in [1.82, 2.24) is 0 Å².